The van der Waals surface area contributed by atoms with Crippen molar-refractivity contribution in [2.75, 3.05) is 19.5 Å². The number of nitrogens with two attached hydrogens (primary N) is 1. The van der Waals surface area contributed by atoms with Crippen LogP contribution in [0.3, 0.4) is 0 Å². The number of ether oxygens (including phenoxy) is 2. The molecule has 2 rings (SSSR count). The lowest BCUT2D eigenvalue weighted by Gasteiger charge is -2.12. The molecular formula is C15H16N2O4. The third-order valence-electron chi connectivity index (χ3n) is 2.91. The quantitative estimate of drug-likeness (QED) is 0.789. The van der Waals surface area contributed by atoms with Crippen LogP contribution in [0.1, 0.15) is 16.1 Å². The molecule has 1 aromatic carbocycles. The van der Waals surface area contributed by atoms with Crippen molar-refractivity contribution in [3.8, 4) is 11.5 Å². The van der Waals surface area contributed by atoms with E-state index in [1.54, 1.807) is 6.20 Å². The number of anilines is 1. The Bertz CT molecular complexity index is 629. The van der Waals surface area contributed by atoms with Gasteiger partial charge in [-0.3, -0.25) is 4.98 Å². The van der Waals surface area contributed by atoms with Gasteiger partial charge in [0.15, 0.2) is 11.5 Å². The number of nitrogen functional groups attached to an aromatic ring is 1. The van der Waals surface area contributed by atoms with Gasteiger partial charge >= 0.3 is 5.97 Å². The Kier molecular flexibility index (Phi) is 4.61. The van der Waals surface area contributed by atoms with E-state index in [9.17, 15) is 4.79 Å². The average Bonchev–Trinajstić information content (AvgIpc) is 2.49. The van der Waals surface area contributed by atoms with Crippen molar-refractivity contribution >= 4 is 11.7 Å². The van der Waals surface area contributed by atoms with Crippen LogP contribution >= 0.6 is 0 Å². The molecule has 0 bridgehead atoms. The van der Waals surface area contributed by atoms with E-state index in [0.717, 1.165) is 5.69 Å². The summed E-state index contributed by atoms with van der Waals surface area (Å²) in [7, 11) is 1.47. The van der Waals surface area contributed by atoms with Gasteiger partial charge in [-0.05, 0) is 12.1 Å². The molecular weight excluding hydrogens is 272 g/mol. The number of methoxy groups -OCH3 is 1. The monoisotopic (exact) mass is 288 g/mol. The third-order valence-corrected chi connectivity index (χ3v) is 2.91. The van der Waals surface area contributed by atoms with E-state index in [2.05, 4.69) is 4.98 Å². The number of benzene rings is 1. The van der Waals surface area contributed by atoms with Crippen LogP contribution < -0.4 is 15.2 Å². The van der Waals surface area contributed by atoms with Crippen molar-refractivity contribution < 1.29 is 19.4 Å². The zero-order chi connectivity index (χ0) is 15.2. The van der Waals surface area contributed by atoms with Crippen molar-refractivity contribution in [1.29, 1.82) is 0 Å². The summed E-state index contributed by atoms with van der Waals surface area (Å²) in [6, 6.07) is 8.45. The maximum absolute atomic E-state index is 11.1. The molecule has 0 spiro atoms. The number of rotatable bonds is 6. The fourth-order valence-corrected chi connectivity index (χ4v) is 1.84. The van der Waals surface area contributed by atoms with Gasteiger partial charge in [-0.15, -0.1) is 0 Å². The topological polar surface area (TPSA) is 94.7 Å². The maximum atomic E-state index is 11.1. The van der Waals surface area contributed by atoms with Crippen LogP contribution in [-0.4, -0.2) is 29.8 Å². The average molecular weight is 288 g/mol. The van der Waals surface area contributed by atoms with Gasteiger partial charge < -0.3 is 20.3 Å². The molecule has 0 atom stereocenters. The molecule has 6 heteroatoms. The highest BCUT2D eigenvalue weighted by atomic mass is 16.5. The van der Waals surface area contributed by atoms with Gasteiger partial charge in [-0.1, -0.05) is 6.07 Å². The number of carboxylic acids is 1. The number of hydrogen-bond acceptors (Lipinski definition) is 5. The van der Waals surface area contributed by atoms with Crippen LogP contribution in [0.25, 0.3) is 0 Å². The van der Waals surface area contributed by atoms with Crippen LogP contribution in [0.4, 0.5) is 5.69 Å². The standard InChI is InChI=1S/C15H16N2O4/c1-20-13-9-12(16)11(15(18)19)8-14(13)21-7-5-10-4-2-3-6-17-10/h2-4,6,8-9H,5,7,16H2,1H3,(H,18,19). The lowest BCUT2D eigenvalue weighted by atomic mass is 10.1. The van der Waals surface area contributed by atoms with E-state index < -0.39 is 5.97 Å². The number of hydrogen-bond donors (Lipinski definition) is 2. The largest absolute Gasteiger partial charge is 0.493 e. The minimum Gasteiger partial charge on any atom is -0.493 e. The Morgan fingerprint density at radius 1 is 1.33 bits per heavy atom. The summed E-state index contributed by atoms with van der Waals surface area (Å²) in [4.78, 5) is 15.3. The normalized spacial score (nSPS) is 10.1. The predicted molar refractivity (Wildman–Crippen MR) is 77.8 cm³/mol. The van der Waals surface area contributed by atoms with E-state index in [4.69, 9.17) is 20.3 Å². The molecule has 1 heterocycles. The summed E-state index contributed by atoms with van der Waals surface area (Å²) in [5, 5.41) is 9.07. The highest BCUT2D eigenvalue weighted by Crippen LogP contribution is 2.32. The molecule has 1 aromatic heterocycles. The van der Waals surface area contributed by atoms with Crippen LogP contribution in [0.15, 0.2) is 36.5 Å². The van der Waals surface area contributed by atoms with E-state index in [-0.39, 0.29) is 11.3 Å². The molecule has 3 N–H and O–H groups in total. The summed E-state index contributed by atoms with van der Waals surface area (Å²) in [6.07, 6.45) is 2.32. The van der Waals surface area contributed by atoms with Gasteiger partial charge in [0.1, 0.15) is 0 Å². The van der Waals surface area contributed by atoms with Crippen LogP contribution in [0.5, 0.6) is 11.5 Å². The molecule has 110 valence electrons. The van der Waals surface area contributed by atoms with Crippen molar-refractivity contribution in [1.82, 2.24) is 4.98 Å². The molecule has 6 nitrogen and oxygen atoms in total. The molecule has 0 unspecified atom stereocenters. The second-order valence-electron chi connectivity index (χ2n) is 4.32. The first-order valence-corrected chi connectivity index (χ1v) is 6.35. The number of pyridine rings is 1. The SMILES string of the molecule is COc1cc(N)c(C(=O)O)cc1OCCc1ccccn1. The molecule has 0 radical (unpaired) electrons. The molecule has 0 saturated heterocycles. The Hall–Kier alpha value is -2.76. The zero-order valence-corrected chi connectivity index (χ0v) is 11.6. The Balaban J connectivity index is 2.11. The van der Waals surface area contributed by atoms with Crippen molar-refractivity contribution in [2.45, 2.75) is 6.42 Å². The zero-order valence-electron chi connectivity index (χ0n) is 11.6. The molecule has 0 aliphatic carbocycles. The third kappa shape index (κ3) is 3.62. The molecule has 21 heavy (non-hydrogen) atoms. The summed E-state index contributed by atoms with van der Waals surface area (Å²) < 4.78 is 10.7. The second kappa shape index (κ2) is 6.60. The number of carboxylic acid groups (broad SMARTS) is 1. The van der Waals surface area contributed by atoms with Gasteiger partial charge in [-0.2, -0.15) is 0 Å². The van der Waals surface area contributed by atoms with Gasteiger partial charge in [0.2, 0.25) is 0 Å². The molecule has 2 aromatic rings. The second-order valence-corrected chi connectivity index (χ2v) is 4.32. The van der Waals surface area contributed by atoms with Gasteiger partial charge in [0.25, 0.3) is 0 Å². The number of carbonyl (C=O) groups is 1. The van der Waals surface area contributed by atoms with Gasteiger partial charge in [0.05, 0.1) is 25.0 Å². The van der Waals surface area contributed by atoms with Gasteiger partial charge in [0, 0.05) is 30.4 Å². The van der Waals surface area contributed by atoms with Crippen molar-refractivity contribution in [3.05, 3.63) is 47.8 Å². The van der Waals surface area contributed by atoms with Crippen LogP contribution in [-0.2, 0) is 6.42 Å². The van der Waals surface area contributed by atoms with Crippen molar-refractivity contribution in [2.24, 2.45) is 0 Å². The van der Waals surface area contributed by atoms with E-state index in [1.807, 2.05) is 18.2 Å². The smallest absolute Gasteiger partial charge is 0.337 e. The number of aromatic nitrogens is 1. The molecule has 0 fully saturated rings. The summed E-state index contributed by atoms with van der Waals surface area (Å²) in [5.74, 6) is -0.358. The van der Waals surface area contributed by atoms with E-state index in [0.29, 0.717) is 24.5 Å². The maximum Gasteiger partial charge on any atom is 0.337 e. The fourth-order valence-electron chi connectivity index (χ4n) is 1.84. The highest BCUT2D eigenvalue weighted by Gasteiger charge is 2.14. The number of aromatic carboxylic acids is 1. The van der Waals surface area contributed by atoms with Crippen LogP contribution in [0, 0.1) is 0 Å². The predicted octanol–water partition coefficient (Wildman–Crippen LogP) is 1.99. The molecule has 0 aliphatic heterocycles. The molecule has 0 amide bonds. The first-order valence-electron chi connectivity index (χ1n) is 6.35. The first-order chi connectivity index (χ1) is 10.1. The Morgan fingerprint density at radius 3 is 2.76 bits per heavy atom. The minimum atomic E-state index is -1.11. The Morgan fingerprint density at radius 2 is 2.14 bits per heavy atom. The molecule has 0 aliphatic rings. The number of nitrogens with zero attached hydrogens (tertiary/aromatic N) is 1. The summed E-state index contributed by atoms with van der Waals surface area (Å²) in [5.41, 5.74) is 6.68. The van der Waals surface area contributed by atoms with Crippen molar-refractivity contribution in [3.63, 3.8) is 0 Å². The first kappa shape index (κ1) is 14.6. The lowest BCUT2D eigenvalue weighted by Crippen LogP contribution is -2.07. The Labute approximate surface area is 122 Å². The molecule has 0 saturated carbocycles. The van der Waals surface area contributed by atoms with Gasteiger partial charge in [-0.25, -0.2) is 4.79 Å². The summed E-state index contributed by atoms with van der Waals surface area (Å²) >= 11 is 0. The summed E-state index contributed by atoms with van der Waals surface area (Å²) in [6.45, 7) is 0.357. The van der Waals surface area contributed by atoms with Crippen LogP contribution in [0.2, 0.25) is 0 Å². The highest BCUT2D eigenvalue weighted by molar-refractivity contribution is 5.94. The lowest BCUT2D eigenvalue weighted by molar-refractivity contribution is 0.0697. The van der Waals surface area contributed by atoms with E-state index >= 15 is 0 Å². The minimum absolute atomic E-state index is 0.0105. The fraction of sp³-hybridized carbons (Fsp3) is 0.200. The van der Waals surface area contributed by atoms with E-state index in [1.165, 1.54) is 19.2 Å².